The third-order valence-corrected chi connectivity index (χ3v) is 2.53. The first-order valence-electron chi connectivity index (χ1n) is 6.16. The van der Waals surface area contributed by atoms with Crippen molar-refractivity contribution in [3.63, 3.8) is 0 Å². The normalized spacial score (nSPS) is 14.1. The quantitative estimate of drug-likeness (QED) is 0.634. The van der Waals surface area contributed by atoms with E-state index < -0.39 is 24.1 Å². The first kappa shape index (κ1) is 16.7. The maximum absolute atomic E-state index is 11.7. The SMILES string of the molecule is CC(C)C[C@H](NC(=O)N(C)CCC(C)O)C(=O)O. The van der Waals surface area contributed by atoms with E-state index in [1.54, 1.807) is 14.0 Å². The molecule has 2 amide bonds. The number of carboxylic acids is 1. The van der Waals surface area contributed by atoms with E-state index in [1.807, 2.05) is 13.8 Å². The van der Waals surface area contributed by atoms with Crippen LogP contribution in [0.25, 0.3) is 0 Å². The van der Waals surface area contributed by atoms with Gasteiger partial charge in [0.1, 0.15) is 6.04 Å². The summed E-state index contributed by atoms with van der Waals surface area (Å²) in [5, 5.41) is 20.6. The van der Waals surface area contributed by atoms with Crippen LogP contribution < -0.4 is 5.32 Å². The number of rotatable bonds is 7. The molecule has 0 aromatic rings. The summed E-state index contributed by atoms with van der Waals surface area (Å²) in [7, 11) is 1.58. The van der Waals surface area contributed by atoms with Gasteiger partial charge in [-0.15, -0.1) is 0 Å². The molecule has 0 rings (SSSR count). The van der Waals surface area contributed by atoms with Crippen molar-refractivity contribution in [3.8, 4) is 0 Å². The summed E-state index contributed by atoms with van der Waals surface area (Å²) in [6.45, 7) is 5.83. The highest BCUT2D eigenvalue weighted by molar-refractivity contribution is 5.82. The zero-order chi connectivity index (χ0) is 14.3. The Morgan fingerprint density at radius 2 is 1.83 bits per heavy atom. The number of carbonyl (C=O) groups excluding carboxylic acids is 1. The molecule has 0 bridgehead atoms. The molecule has 0 aromatic carbocycles. The maximum atomic E-state index is 11.7. The van der Waals surface area contributed by atoms with E-state index in [9.17, 15) is 9.59 Å². The van der Waals surface area contributed by atoms with Crippen molar-refractivity contribution in [3.05, 3.63) is 0 Å². The van der Waals surface area contributed by atoms with Crippen LogP contribution >= 0.6 is 0 Å². The lowest BCUT2D eigenvalue weighted by molar-refractivity contribution is -0.139. The molecule has 0 saturated carbocycles. The van der Waals surface area contributed by atoms with Gasteiger partial charge in [0.25, 0.3) is 0 Å². The summed E-state index contributed by atoms with van der Waals surface area (Å²) < 4.78 is 0. The largest absolute Gasteiger partial charge is 0.480 e. The maximum Gasteiger partial charge on any atom is 0.326 e. The number of urea groups is 1. The zero-order valence-corrected chi connectivity index (χ0v) is 11.5. The first-order chi connectivity index (χ1) is 8.23. The van der Waals surface area contributed by atoms with Gasteiger partial charge in [0.05, 0.1) is 6.10 Å². The van der Waals surface area contributed by atoms with Gasteiger partial charge in [-0.3, -0.25) is 0 Å². The molecule has 3 N–H and O–H groups in total. The lowest BCUT2D eigenvalue weighted by atomic mass is 10.0. The van der Waals surface area contributed by atoms with Crippen molar-refractivity contribution < 1.29 is 19.8 Å². The van der Waals surface area contributed by atoms with E-state index >= 15 is 0 Å². The zero-order valence-electron chi connectivity index (χ0n) is 11.5. The van der Waals surface area contributed by atoms with Crippen molar-refractivity contribution in [2.24, 2.45) is 5.92 Å². The number of carboxylic acid groups (broad SMARTS) is 1. The second kappa shape index (κ2) is 7.92. The van der Waals surface area contributed by atoms with Crippen molar-refractivity contribution in [2.75, 3.05) is 13.6 Å². The third-order valence-electron chi connectivity index (χ3n) is 2.53. The Hall–Kier alpha value is -1.30. The highest BCUT2D eigenvalue weighted by Crippen LogP contribution is 2.05. The topological polar surface area (TPSA) is 89.9 Å². The number of hydrogen-bond acceptors (Lipinski definition) is 3. The lowest BCUT2D eigenvalue weighted by Gasteiger charge is -2.22. The molecule has 0 aliphatic carbocycles. The van der Waals surface area contributed by atoms with Crippen molar-refractivity contribution >= 4 is 12.0 Å². The van der Waals surface area contributed by atoms with Crippen LogP contribution in [0.5, 0.6) is 0 Å². The monoisotopic (exact) mass is 260 g/mol. The molecule has 2 atom stereocenters. The van der Waals surface area contributed by atoms with Gasteiger partial charge in [0.2, 0.25) is 0 Å². The van der Waals surface area contributed by atoms with E-state index in [2.05, 4.69) is 5.32 Å². The second-order valence-corrected chi connectivity index (χ2v) is 5.03. The van der Waals surface area contributed by atoms with Crippen LogP contribution in [0.3, 0.4) is 0 Å². The van der Waals surface area contributed by atoms with Crippen molar-refractivity contribution in [1.82, 2.24) is 10.2 Å². The minimum absolute atomic E-state index is 0.189. The van der Waals surface area contributed by atoms with Gasteiger partial charge in [-0.05, 0) is 25.7 Å². The number of aliphatic carboxylic acids is 1. The Bertz CT molecular complexity index is 279. The fourth-order valence-electron chi connectivity index (χ4n) is 1.43. The predicted octanol–water partition coefficient (Wildman–Crippen LogP) is 0.898. The summed E-state index contributed by atoms with van der Waals surface area (Å²) in [5.74, 6) is -0.838. The van der Waals surface area contributed by atoms with Gasteiger partial charge in [-0.25, -0.2) is 9.59 Å². The van der Waals surface area contributed by atoms with Gasteiger partial charge < -0.3 is 20.4 Å². The molecule has 0 aromatic heterocycles. The second-order valence-electron chi connectivity index (χ2n) is 5.03. The van der Waals surface area contributed by atoms with Crippen LogP contribution in [0.15, 0.2) is 0 Å². The molecule has 18 heavy (non-hydrogen) atoms. The van der Waals surface area contributed by atoms with Gasteiger partial charge in [0.15, 0.2) is 0 Å². The van der Waals surface area contributed by atoms with Crippen LogP contribution in [0, 0.1) is 5.92 Å². The predicted molar refractivity (Wildman–Crippen MR) is 68.3 cm³/mol. The van der Waals surface area contributed by atoms with E-state index in [1.165, 1.54) is 4.90 Å². The molecule has 1 unspecified atom stereocenters. The molecule has 0 spiro atoms. The number of aliphatic hydroxyl groups excluding tert-OH is 1. The van der Waals surface area contributed by atoms with E-state index in [4.69, 9.17) is 10.2 Å². The van der Waals surface area contributed by atoms with E-state index in [0.717, 1.165) is 0 Å². The van der Waals surface area contributed by atoms with Gasteiger partial charge >= 0.3 is 12.0 Å². The summed E-state index contributed by atoms with van der Waals surface area (Å²) in [5.41, 5.74) is 0. The Labute approximate surface area is 108 Å². The molecular formula is C12H24N2O4. The molecule has 0 saturated heterocycles. The summed E-state index contributed by atoms with van der Waals surface area (Å²) in [6.07, 6.45) is 0.378. The molecule has 106 valence electrons. The summed E-state index contributed by atoms with van der Waals surface area (Å²) >= 11 is 0. The first-order valence-corrected chi connectivity index (χ1v) is 6.16. The molecular weight excluding hydrogens is 236 g/mol. The Balaban J connectivity index is 4.27. The van der Waals surface area contributed by atoms with Crippen molar-refractivity contribution in [1.29, 1.82) is 0 Å². The Kier molecular flexibility index (Phi) is 7.35. The van der Waals surface area contributed by atoms with Gasteiger partial charge in [0, 0.05) is 13.6 Å². The number of amides is 2. The molecule has 0 heterocycles. The molecule has 0 aliphatic heterocycles. The molecule has 6 nitrogen and oxygen atoms in total. The van der Waals surface area contributed by atoms with Crippen LogP contribution in [-0.4, -0.2) is 52.9 Å². The van der Waals surface area contributed by atoms with Crippen LogP contribution in [-0.2, 0) is 4.79 Å². The van der Waals surface area contributed by atoms with E-state index in [-0.39, 0.29) is 5.92 Å². The third kappa shape index (κ3) is 7.11. The molecule has 0 radical (unpaired) electrons. The highest BCUT2D eigenvalue weighted by Gasteiger charge is 2.22. The Morgan fingerprint density at radius 3 is 2.22 bits per heavy atom. The van der Waals surface area contributed by atoms with Crippen molar-refractivity contribution in [2.45, 2.75) is 45.8 Å². The summed E-state index contributed by atoms with van der Waals surface area (Å²) in [6, 6.07) is -1.30. The number of hydrogen-bond donors (Lipinski definition) is 3. The van der Waals surface area contributed by atoms with Crippen LogP contribution in [0.1, 0.15) is 33.6 Å². The minimum atomic E-state index is -1.03. The number of carbonyl (C=O) groups is 2. The fraction of sp³-hybridized carbons (Fsp3) is 0.833. The van der Waals surface area contributed by atoms with Gasteiger partial charge in [-0.2, -0.15) is 0 Å². The number of aliphatic hydroxyl groups is 1. The van der Waals surface area contributed by atoms with Crippen LogP contribution in [0.2, 0.25) is 0 Å². The fourth-order valence-corrected chi connectivity index (χ4v) is 1.43. The molecule has 0 fully saturated rings. The average Bonchev–Trinajstić information content (AvgIpc) is 2.23. The lowest BCUT2D eigenvalue weighted by Crippen LogP contribution is -2.47. The highest BCUT2D eigenvalue weighted by atomic mass is 16.4. The smallest absolute Gasteiger partial charge is 0.326 e. The average molecular weight is 260 g/mol. The molecule has 6 heteroatoms. The standard InChI is InChI=1S/C12H24N2O4/c1-8(2)7-10(11(16)17)13-12(18)14(4)6-5-9(3)15/h8-10,15H,5-7H2,1-4H3,(H,13,18)(H,16,17)/t9?,10-/m0/s1. The van der Waals surface area contributed by atoms with Crippen LogP contribution in [0.4, 0.5) is 4.79 Å². The summed E-state index contributed by atoms with van der Waals surface area (Å²) in [4.78, 5) is 24.1. The van der Waals surface area contributed by atoms with E-state index in [0.29, 0.717) is 19.4 Å². The Morgan fingerprint density at radius 1 is 1.28 bits per heavy atom. The minimum Gasteiger partial charge on any atom is -0.480 e. The van der Waals surface area contributed by atoms with Gasteiger partial charge in [-0.1, -0.05) is 13.8 Å². The molecule has 0 aliphatic rings. The number of nitrogens with zero attached hydrogens (tertiary/aromatic N) is 1. The number of nitrogens with one attached hydrogen (secondary N) is 1.